The van der Waals surface area contributed by atoms with Crippen LogP contribution in [0.2, 0.25) is 0 Å². The third-order valence-electron chi connectivity index (χ3n) is 5.31. The molecule has 3 aromatic rings. The van der Waals surface area contributed by atoms with Crippen molar-refractivity contribution in [1.29, 1.82) is 0 Å². The summed E-state index contributed by atoms with van der Waals surface area (Å²) in [6, 6.07) is 2.20. The molecule has 3 heterocycles. The van der Waals surface area contributed by atoms with Gasteiger partial charge in [0.05, 0.1) is 23.8 Å². The summed E-state index contributed by atoms with van der Waals surface area (Å²) in [7, 11) is 1.68. The smallest absolute Gasteiger partial charge is 0.271 e. The number of anilines is 1. The summed E-state index contributed by atoms with van der Waals surface area (Å²) in [4.78, 5) is 23.1. The Hall–Kier alpha value is -1.99. The Kier molecular flexibility index (Phi) is 4.91. The Balaban J connectivity index is 1.77. The van der Waals surface area contributed by atoms with Crippen molar-refractivity contribution in [2.45, 2.75) is 38.6 Å². The zero-order chi connectivity index (χ0) is 18.1. The molecule has 0 radical (unpaired) electrons. The average Bonchev–Trinajstić information content (AvgIpc) is 3.04. The number of hydrogen-bond acceptors (Lipinski definition) is 6. The molecule has 138 valence electrons. The highest BCUT2D eigenvalue weighted by Gasteiger charge is 2.23. The first-order chi connectivity index (χ1) is 12.7. The van der Waals surface area contributed by atoms with Crippen molar-refractivity contribution in [1.82, 2.24) is 14.5 Å². The van der Waals surface area contributed by atoms with Crippen LogP contribution >= 0.6 is 11.3 Å². The van der Waals surface area contributed by atoms with Gasteiger partial charge in [0.15, 0.2) is 0 Å². The summed E-state index contributed by atoms with van der Waals surface area (Å²) in [5, 5.41) is 4.30. The highest BCUT2D eigenvalue weighted by molar-refractivity contribution is 7.25. The quantitative estimate of drug-likeness (QED) is 0.690. The molecule has 1 N–H and O–H groups in total. The number of hydrogen-bond donors (Lipinski definition) is 1. The number of methoxy groups -OCH3 is 1. The first kappa shape index (κ1) is 17.4. The monoisotopic (exact) mass is 372 g/mol. The maximum Gasteiger partial charge on any atom is 0.271 e. The second kappa shape index (κ2) is 7.32. The minimum atomic E-state index is 0.0698. The van der Waals surface area contributed by atoms with Crippen LogP contribution in [-0.2, 0) is 4.74 Å². The third kappa shape index (κ3) is 3.10. The molecule has 1 aliphatic rings. The van der Waals surface area contributed by atoms with Crippen molar-refractivity contribution in [2.24, 2.45) is 5.92 Å². The van der Waals surface area contributed by atoms with Gasteiger partial charge in [-0.25, -0.2) is 9.97 Å². The molecule has 4 rings (SSSR count). The van der Waals surface area contributed by atoms with Gasteiger partial charge in [-0.3, -0.25) is 9.36 Å². The predicted molar refractivity (Wildman–Crippen MR) is 106 cm³/mol. The molecule has 0 unspecified atom stereocenters. The van der Waals surface area contributed by atoms with Crippen LogP contribution in [0.25, 0.3) is 20.4 Å². The van der Waals surface area contributed by atoms with E-state index >= 15 is 0 Å². The number of nitrogens with zero attached hydrogens (tertiary/aromatic N) is 3. The minimum Gasteiger partial charge on any atom is -0.383 e. The van der Waals surface area contributed by atoms with E-state index in [0.717, 1.165) is 40.2 Å². The van der Waals surface area contributed by atoms with Crippen LogP contribution in [0.4, 0.5) is 5.69 Å². The molecule has 1 aliphatic carbocycles. The number of rotatable bonds is 5. The summed E-state index contributed by atoms with van der Waals surface area (Å²) in [5.74, 6) is 0.757. The first-order valence-corrected chi connectivity index (χ1v) is 10.0. The molecule has 1 fully saturated rings. The van der Waals surface area contributed by atoms with E-state index in [4.69, 9.17) is 4.74 Å². The molecule has 6 nitrogen and oxygen atoms in total. The maximum absolute atomic E-state index is 13.1. The van der Waals surface area contributed by atoms with Gasteiger partial charge in [-0.2, -0.15) is 0 Å². The summed E-state index contributed by atoms with van der Waals surface area (Å²) >= 11 is 1.44. The number of pyridine rings is 1. The fourth-order valence-electron chi connectivity index (χ4n) is 3.78. The highest BCUT2D eigenvalue weighted by atomic mass is 32.1. The summed E-state index contributed by atoms with van der Waals surface area (Å²) in [6.45, 7) is 3.60. The van der Waals surface area contributed by atoms with E-state index in [0.29, 0.717) is 17.9 Å². The number of fused-ring (bicyclic) bond motifs is 3. The van der Waals surface area contributed by atoms with Crippen molar-refractivity contribution in [3.8, 4) is 0 Å². The topological polar surface area (TPSA) is 69.0 Å². The largest absolute Gasteiger partial charge is 0.383 e. The Morgan fingerprint density at radius 2 is 2.12 bits per heavy atom. The summed E-state index contributed by atoms with van der Waals surface area (Å²) in [6.07, 6.45) is 7.98. The molecular weight excluding hydrogens is 348 g/mol. The molecule has 0 aromatic carbocycles. The highest BCUT2D eigenvalue weighted by Crippen LogP contribution is 2.35. The van der Waals surface area contributed by atoms with Crippen LogP contribution in [-0.4, -0.2) is 34.8 Å². The lowest BCUT2D eigenvalue weighted by Gasteiger charge is -2.27. The molecule has 3 aromatic heterocycles. The van der Waals surface area contributed by atoms with E-state index in [1.165, 1.54) is 24.2 Å². The lowest BCUT2D eigenvalue weighted by molar-refractivity contribution is 0.211. The Labute approximate surface area is 156 Å². The predicted octanol–water partition coefficient (Wildman–Crippen LogP) is 3.82. The van der Waals surface area contributed by atoms with Crippen LogP contribution in [0.5, 0.6) is 0 Å². The molecule has 7 heteroatoms. The van der Waals surface area contributed by atoms with Crippen LogP contribution in [0.1, 0.15) is 38.6 Å². The van der Waals surface area contributed by atoms with Crippen molar-refractivity contribution in [3.05, 3.63) is 28.9 Å². The van der Waals surface area contributed by atoms with Crippen molar-refractivity contribution in [2.75, 3.05) is 25.6 Å². The van der Waals surface area contributed by atoms with E-state index in [1.807, 2.05) is 10.6 Å². The SMILES string of the molecule is COCCNc1ccnc2sc3c(=O)n(C4CCC(C)CC4)cnc3c12. The average molecular weight is 372 g/mol. The molecule has 1 saturated carbocycles. The zero-order valence-electron chi connectivity index (χ0n) is 15.2. The van der Waals surface area contributed by atoms with Gasteiger partial charge in [0.25, 0.3) is 5.56 Å². The van der Waals surface area contributed by atoms with Crippen LogP contribution in [0.3, 0.4) is 0 Å². The second-order valence-corrected chi connectivity index (χ2v) is 8.11. The molecule has 0 saturated heterocycles. The number of nitrogens with one attached hydrogen (secondary N) is 1. The van der Waals surface area contributed by atoms with Crippen molar-refractivity contribution < 1.29 is 4.74 Å². The van der Waals surface area contributed by atoms with Gasteiger partial charge in [-0.15, -0.1) is 11.3 Å². The second-order valence-electron chi connectivity index (χ2n) is 7.11. The Morgan fingerprint density at radius 3 is 2.88 bits per heavy atom. The fourth-order valence-corrected chi connectivity index (χ4v) is 4.84. The van der Waals surface area contributed by atoms with E-state index in [1.54, 1.807) is 19.6 Å². The molecular formula is C19H24N4O2S. The van der Waals surface area contributed by atoms with Crippen molar-refractivity contribution in [3.63, 3.8) is 0 Å². The number of ether oxygens (including phenoxy) is 1. The Bertz CT molecular complexity index is 973. The minimum absolute atomic E-state index is 0.0698. The van der Waals surface area contributed by atoms with Crippen molar-refractivity contribution >= 4 is 37.5 Å². The van der Waals surface area contributed by atoms with Gasteiger partial charge in [0, 0.05) is 31.6 Å². The number of aromatic nitrogens is 3. The number of thiophene rings is 1. The van der Waals surface area contributed by atoms with Gasteiger partial charge in [-0.05, 0) is 37.7 Å². The molecule has 26 heavy (non-hydrogen) atoms. The molecule has 0 aliphatic heterocycles. The van der Waals surface area contributed by atoms with E-state index in [9.17, 15) is 4.79 Å². The summed E-state index contributed by atoms with van der Waals surface area (Å²) < 4.78 is 7.66. The van der Waals surface area contributed by atoms with Gasteiger partial charge in [0.2, 0.25) is 0 Å². The molecule has 0 atom stereocenters. The molecule has 0 bridgehead atoms. The van der Waals surface area contributed by atoms with Crippen LogP contribution in [0, 0.1) is 5.92 Å². The normalized spacial score (nSPS) is 20.7. The Morgan fingerprint density at radius 1 is 1.31 bits per heavy atom. The zero-order valence-corrected chi connectivity index (χ0v) is 16.0. The first-order valence-electron chi connectivity index (χ1n) is 9.20. The van der Waals surface area contributed by atoms with Crippen LogP contribution < -0.4 is 10.9 Å². The van der Waals surface area contributed by atoms with Crippen LogP contribution in [0.15, 0.2) is 23.4 Å². The molecule has 0 amide bonds. The van der Waals surface area contributed by atoms with E-state index in [2.05, 4.69) is 22.2 Å². The summed E-state index contributed by atoms with van der Waals surface area (Å²) in [5.41, 5.74) is 1.78. The lowest BCUT2D eigenvalue weighted by atomic mass is 9.87. The van der Waals surface area contributed by atoms with Gasteiger partial charge < -0.3 is 10.1 Å². The maximum atomic E-state index is 13.1. The third-order valence-corrected chi connectivity index (χ3v) is 6.38. The van der Waals surface area contributed by atoms with E-state index in [-0.39, 0.29) is 11.6 Å². The van der Waals surface area contributed by atoms with E-state index < -0.39 is 0 Å². The van der Waals surface area contributed by atoms with Gasteiger partial charge in [-0.1, -0.05) is 6.92 Å². The van der Waals surface area contributed by atoms with Gasteiger partial charge in [0.1, 0.15) is 9.53 Å². The molecule has 0 spiro atoms. The lowest BCUT2D eigenvalue weighted by Crippen LogP contribution is -2.27. The fraction of sp³-hybridized carbons (Fsp3) is 0.526. The standard InChI is InChI=1S/C19H24N4O2S/c1-12-3-5-13(6-4-12)23-11-22-16-15-14(20-9-10-25-2)7-8-21-18(15)26-17(16)19(23)24/h7-8,11-13H,3-6,9-10H2,1-2H3,(H,20,21). The van der Waals surface area contributed by atoms with Gasteiger partial charge >= 0.3 is 0 Å².